The number of hydrogen-bond donors (Lipinski definition) is 1. The lowest BCUT2D eigenvalue weighted by molar-refractivity contribution is -0.307. The Morgan fingerprint density at radius 1 is 1.07 bits per heavy atom. The van der Waals surface area contributed by atoms with E-state index in [0.717, 1.165) is 33.2 Å². The molecule has 0 bridgehead atoms. The Kier molecular flexibility index (Phi) is 6.26. The van der Waals surface area contributed by atoms with Crippen molar-refractivity contribution in [1.29, 1.82) is 0 Å². The number of amides is 1. The Hall–Kier alpha value is -2.74. The number of nitrogens with one attached hydrogen (secondary N) is 1. The zero-order valence-corrected chi connectivity index (χ0v) is 18.5. The summed E-state index contributed by atoms with van der Waals surface area (Å²) in [5, 5.41) is 15.3. The zero-order chi connectivity index (χ0) is 22.2. The van der Waals surface area contributed by atoms with Crippen molar-refractivity contribution < 1.29 is 23.5 Å². The number of carbonyl (C=O) groups excluding carboxylic acids is 2. The van der Waals surface area contributed by atoms with E-state index < -0.39 is 23.5 Å². The second kappa shape index (κ2) is 8.55. The number of aliphatic carboxylic acids is 1. The third-order valence-corrected chi connectivity index (χ3v) is 6.17. The monoisotopic (exact) mass is 430 g/mol. The molecule has 1 N–H and O–H groups in total. The highest BCUT2D eigenvalue weighted by Crippen LogP contribution is 2.34. The number of benzene rings is 1. The molecule has 1 amide bonds. The number of thioether (sulfide) groups is 1. The van der Waals surface area contributed by atoms with Crippen LogP contribution in [0.25, 0.3) is 21.9 Å². The lowest BCUT2D eigenvalue weighted by Gasteiger charge is -2.18. The summed E-state index contributed by atoms with van der Waals surface area (Å²) in [5.74, 6) is -0.758. The van der Waals surface area contributed by atoms with Gasteiger partial charge >= 0.3 is 5.63 Å². The topological polar surface area (TPSA) is 113 Å². The molecule has 1 aromatic carbocycles. The molecular formula is C22H24NO6S-. The van der Waals surface area contributed by atoms with Crippen LogP contribution in [-0.2, 0) is 16.0 Å². The predicted octanol–water partition coefficient (Wildman–Crippen LogP) is 2.30. The van der Waals surface area contributed by atoms with E-state index >= 15 is 0 Å². The second-order valence-corrected chi connectivity index (χ2v) is 8.34. The van der Waals surface area contributed by atoms with Crippen molar-refractivity contribution in [2.24, 2.45) is 0 Å². The summed E-state index contributed by atoms with van der Waals surface area (Å²) in [6, 6.07) is 0.889. The van der Waals surface area contributed by atoms with Gasteiger partial charge < -0.3 is 24.1 Å². The minimum absolute atomic E-state index is 0.0274. The van der Waals surface area contributed by atoms with Crippen molar-refractivity contribution in [2.45, 2.75) is 46.6 Å². The fourth-order valence-electron chi connectivity index (χ4n) is 3.62. The number of carbonyl (C=O) groups is 2. The Morgan fingerprint density at radius 2 is 1.70 bits per heavy atom. The number of rotatable bonds is 7. The summed E-state index contributed by atoms with van der Waals surface area (Å²) >= 11 is 1.30. The summed E-state index contributed by atoms with van der Waals surface area (Å²) in [7, 11) is 0. The first-order valence-electron chi connectivity index (χ1n) is 9.60. The van der Waals surface area contributed by atoms with Crippen molar-refractivity contribution in [3.63, 3.8) is 0 Å². The van der Waals surface area contributed by atoms with Gasteiger partial charge in [-0.2, -0.15) is 11.8 Å². The zero-order valence-electron chi connectivity index (χ0n) is 17.6. The third kappa shape index (κ3) is 3.96. The first-order chi connectivity index (χ1) is 14.1. The first-order valence-corrected chi connectivity index (χ1v) is 11.0. The Labute approximate surface area is 177 Å². The van der Waals surface area contributed by atoms with Crippen molar-refractivity contribution in [1.82, 2.24) is 5.32 Å². The van der Waals surface area contributed by atoms with Crippen LogP contribution in [0.1, 0.15) is 34.4 Å². The highest BCUT2D eigenvalue weighted by Gasteiger charge is 2.20. The summed E-state index contributed by atoms with van der Waals surface area (Å²) < 4.78 is 11.4. The molecule has 2 heterocycles. The first kappa shape index (κ1) is 22.0. The van der Waals surface area contributed by atoms with E-state index in [2.05, 4.69) is 5.32 Å². The van der Waals surface area contributed by atoms with Crippen LogP contribution in [0.3, 0.4) is 0 Å². The van der Waals surface area contributed by atoms with E-state index in [0.29, 0.717) is 16.7 Å². The second-order valence-electron chi connectivity index (χ2n) is 7.43. The van der Waals surface area contributed by atoms with Gasteiger partial charge in [-0.15, -0.1) is 0 Å². The fraction of sp³-hybridized carbons (Fsp3) is 0.409. The molecule has 0 saturated heterocycles. The van der Waals surface area contributed by atoms with Crippen LogP contribution in [0.5, 0.6) is 0 Å². The Bertz CT molecular complexity index is 1210. The van der Waals surface area contributed by atoms with Crippen molar-refractivity contribution >= 4 is 45.6 Å². The van der Waals surface area contributed by atoms with Crippen LogP contribution in [0.4, 0.5) is 0 Å². The van der Waals surface area contributed by atoms with Gasteiger partial charge in [0.1, 0.15) is 16.9 Å². The molecule has 0 aliphatic carbocycles. The van der Waals surface area contributed by atoms with Gasteiger partial charge in [0, 0.05) is 34.1 Å². The lowest BCUT2D eigenvalue weighted by atomic mass is 9.98. The standard InChI is InChI=1S/C22H25NO6S/c1-10-13(4)28-19-12(3)20-16(8-15(10)19)11(2)14(22(27)29-20)6-7-18(24)23-17(9-30-5)21(25)26/h8,17H,6-7,9H2,1-5H3,(H,23,24)(H,25,26)/p-1/t17-/m0/s1. The molecule has 0 saturated carbocycles. The van der Waals surface area contributed by atoms with Gasteiger partial charge in [-0.25, -0.2) is 4.79 Å². The highest BCUT2D eigenvalue weighted by atomic mass is 32.2. The maximum Gasteiger partial charge on any atom is 0.339 e. The van der Waals surface area contributed by atoms with E-state index in [4.69, 9.17) is 8.83 Å². The fourth-order valence-corrected chi connectivity index (χ4v) is 4.17. The molecular weight excluding hydrogens is 406 g/mol. The molecule has 2 aromatic heterocycles. The van der Waals surface area contributed by atoms with Crippen LogP contribution in [0, 0.1) is 27.7 Å². The number of fused-ring (bicyclic) bond motifs is 2. The lowest BCUT2D eigenvalue weighted by Crippen LogP contribution is -2.49. The van der Waals surface area contributed by atoms with E-state index in [1.54, 1.807) is 6.26 Å². The molecule has 160 valence electrons. The summed E-state index contributed by atoms with van der Waals surface area (Å²) in [4.78, 5) is 35.9. The molecule has 7 nitrogen and oxygen atoms in total. The minimum Gasteiger partial charge on any atom is -0.548 e. The number of carboxylic acid groups (broad SMARTS) is 1. The van der Waals surface area contributed by atoms with Crippen molar-refractivity contribution in [3.05, 3.63) is 44.5 Å². The molecule has 3 rings (SSSR count). The van der Waals surface area contributed by atoms with E-state index in [1.165, 1.54) is 11.8 Å². The quantitative estimate of drug-likeness (QED) is 0.572. The molecule has 3 aromatic rings. The number of furan rings is 1. The van der Waals surface area contributed by atoms with Gasteiger partial charge in [-0.1, -0.05) is 0 Å². The predicted molar refractivity (Wildman–Crippen MR) is 115 cm³/mol. The summed E-state index contributed by atoms with van der Waals surface area (Å²) in [6.07, 6.45) is 1.86. The molecule has 8 heteroatoms. The van der Waals surface area contributed by atoms with E-state index in [-0.39, 0.29) is 18.6 Å². The van der Waals surface area contributed by atoms with Gasteiger partial charge in [-0.05, 0) is 57.6 Å². The van der Waals surface area contributed by atoms with Crippen LogP contribution >= 0.6 is 11.8 Å². The highest BCUT2D eigenvalue weighted by molar-refractivity contribution is 7.98. The van der Waals surface area contributed by atoms with Gasteiger partial charge in [0.2, 0.25) is 5.91 Å². The molecule has 0 aliphatic rings. The smallest absolute Gasteiger partial charge is 0.339 e. The average Bonchev–Trinajstić information content (AvgIpc) is 2.97. The molecule has 1 atom stereocenters. The SMILES string of the molecule is CSC[C@H](NC(=O)CCc1c(C)c2cc3c(C)c(C)oc3c(C)c2oc1=O)C(=O)[O-]. The summed E-state index contributed by atoms with van der Waals surface area (Å²) in [5.41, 5.74) is 3.62. The number of hydrogen-bond acceptors (Lipinski definition) is 7. The molecule has 30 heavy (non-hydrogen) atoms. The van der Waals surface area contributed by atoms with Crippen molar-refractivity contribution in [2.75, 3.05) is 12.0 Å². The van der Waals surface area contributed by atoms with Gasteiger partial charge in [0.25, 0.3) is 0 Å². The molecule has 0 unspecified atom stereocenters. The van der Waals surface area contributed by atoms with Crippen LogP contribution in [0.15, 0.2) is 19.7 Å². The largest absolute Gasteiger partial charge is 0.548 e. The average molecular weight is 431 g/mol. The van der Waals surface area contributed by atoms with Gasteiger partial charge in [0.15, 0.2) is 0 Å². The molecule has 0 fully saturated rings. The maximum atomic E-state index is 12.6. The molecule has 0 radical (unpaired) electrons. The van der Waals surface area contributed by atoms with Gasteiger partial charge in [0.05, 0.1) is 12.0 Å². The van der Waals surface area contributed by atoms with Crippen molar-refractivity contribution in [3.8, 4) is 0 Å². The Balaban J connectivity index is 1.94. The number of aryl methyl sites for hydroxylation is 4. The van der Waals surface area contributed by atoms with Crippen LogP contribution in [0.2, 0.25) is 0 Å². The van der Waals surface area contributed by atoms with Gasteiger partial charge in [-0.3, -0.25) is 4.79 Å². The van der Waals surface area contributed by atoms with Crippen LogP contribution < -0.4 is 16.0 Å². The normalized spacial score (nSPS) is 12.4. The maximum absolute atomic E-state index is 12.6. The molecule has 0 aliphatic heterocycles. The molecule has 0 spiro atoms. The Morgan fingerprint density at radius 3 is 2.33 bits per heavy atom. The minimum atomic E-state index is -1.33. The van der Waals surface area contributed by atoms with E-state index in [1.807, 2.05) is 33.8 Å². The third-order valence-electron chi connectivity index (χ3n) is 5.50. The van der Waals surface area contributed by atoms with E-state index in [9.17, 15) is 19.5 Å². The van der Waals surface area contributed by atoms with Crippen LogP contribution in [-0.4, -0.2) is 29.9 Å². The number of carboxylic acids is 1. The summed E-state index contributed by atoms with van der Waals surface area (Å²) in [6.45, 7) is 7.56.